The van der Waals surface area contributed by atoms with Crippen LogP contribution >= 0.6 is 0 Å². The molecule has 0 heterocycles. The van der Waals surface area contributed by atoms with Gasteiger partial charge in [0.25, 0.3) is 0 Å². The van der Waals surface area contributed by atoms with E-state index in [9.17, 15) is 13.2 Å². The highest BCUT2D eigenvalue weighted by molar-refractivity contribution is 7.89. The van der Waals surface area contributed by atoms with E-state index in [1.807, 2.05) is 6.92 Å². The number of sulfonamides is 1. The second-order valence-corrected chi connectivity index (χ2v) is 6.95. The van der Waals surface area contributed by atoms with Crippen LogP contribution < -0.4 is 4.72 Å². The molecule has 0 saturated carbocycles. The molecular formula is C16H25NO4S. The number of rotatable bonds is 10. The molecule has 0 aliphatic carbocycles. The molecule has 0 amide bonds. The Bertz CT molecular complexity index is 552. The Morgan fingerprint density at radius 1 is 1.09 bits per heavy atom. The van der Waals surface area contributed by atoms with E-state index >= 15 is 0 Å². The van der Waals surface area contributed by atoms with Crippen LogP contribution in [0.1, 0.15) is 44.6 Å². The summed E-state index contributed by atoms with van der Waals surface area (Å²) in [6, 6.07) is 6.78. The van der Waals surface area contributed by atoms with Crippen LogP contribution in [0.4, 0.5) is 0 Å². The number of carbonyl (C=O) groups excluding carboxylic acids is 1. The van der Waals surface area contributed by atoms with Gasteiger partial charge in [-0.1, -0.05) is 30.5 Å². The molecule has 0 fully saturated rings. The summed E-state index contributed by atoms with van der Waals surface area (Å²) in [7, 11) is -3.41. The summed E-state index contributed by atoms with van der Waals surface area (Å²) in [5, 5.41) is 0. The van der Waals surface area contributed by atoms with Crippen LogP contribution in [0.15, 0.2) is 29.2 Å². The zero-order valence-electron chi connectivity index (χ0n) is 13.3. The topological polar surface area (TPSA) is 72.5 Å². The number of hydrogen-bond acceptors (Lipinski definition) is 4. The van der Waals surface area contributed by atoms with Crippen LogP contribution in [-0.4, -0.2) is 27.5 Å². The fourth-order valence-electron chi connectivity index (χ4n) is 1.99. The zero-order valence-corrected chi connectivity index (χ0v) is 14.1. The van der Waals surface area contributed by atoms with Gasteiger partial charge in [0.1, 0.15) is 0 Å². The lowest BCUT2D eigenvalue weighted by molar-refractivity contribution is -0.143. The van der Waals surface area contributed by atoms with E-state index in [0.29, 0.717) is 24.5 Å². The van der Waals surface area contributed by atoms with Gasteiger partial charge in [0.2, 0.25) is 10.0 Å². The Balaban J connectivity index is 2.18. The minimum absolute atomic E-state index is 0.164. The molecule has 0 atom stereocenters. The van der Waals surface area contributed by atoms with Gasteiger partial charge in [0.05, 0.1) is 11.5 Å². The molecule has 124 valence electrons. The maximum atomic E-state index is 12.0. The molecule has 0 aromatic heterocycles. The van der Waals surface area contributed by atoms with E-state index in [2.05, 4.69) is 4.72 Å². The lowest BCUT2D eigenvalue weighted by Crippen LogP contribution is -2.24. The second kappa shape index (κ2) is 9.58. The highest BCUT2D eigenvalue weighted by atomic mass is 32.2. The third-order valence-electron chi connectivity index (χ3n) is 3.24. The summed E-state index contributed by atoms with van der Waals surface area (Å²) in [5.74, 6) is -0.164. The van der Waals surface area contributed by atoms with Gasteiger partial charge in [-0.25, -0.2) is 13.1 Å². The van der Waals surface area contributed by atoms with Crippen molar-refractivity contribution in [2.75, 3.05) is 13.2 Å². The second-order valence-electron chi connectivity index (χ2n) is 5.18. The van der Waals surface area contributed by atoms with Crippen LogP contribution in [-0.2, 0) is 19.6 Å². The van der Waals surface area contributed by atoms with Gasteiger partial charge in [-0.2, -0.15) is 0 Å². The minimum Gasteiger partial charge on any atom is -0.466 e. The predicted molar refractivity (Wildman–Crippen MR) is 86.1 cm³/mol. The number of ether oxygens (including phenoxy) is 1. The molecule has 0 bridgehead atoms. The van der Waals surface area contributed by atoms with Crippen molar-refractivity contribution in [3.8, 4) is 0 Å². The minimum atomic E-state index is -3.41. The molecule has 1 N–H and O–H groups in total. The van der Waals surface area contributed by atoms with Crippen molar-refractivity contribution >= 4 is 16.0 Å². The highest BCUT2D eigenvalue weighted by Crippen LogP contribution is 2.10. The molecule has 0 saturated heterocycles. The van der Waals surface area contributed by atoms with Gasteiger partial charge in [-0.3, -0.25) is 4.79 Å². The third kappa shape index (κ3) is 7.04. The van der Waals surface area contributed by atoms with Crippen LogP contribution in [0.3, 0.4) is 0 Å². The van der Waals surface area contributed by atoms with E-state index in [1.54, 1.807) is 31.2 Å². The monoisotopic (exact) mass is 327 g/mol. The quantitative estimate of drug-likeness (QED) is 0.530. The number of aryl methyl sites for hydroxylation is 1. The van der Waals surface area contributed by atoms with Gasteiger partial charge in [0.15, 0.2) is 0 Å². The molecule has 0 radical (unpaired) electrons. The van der Waals surface area contributed by atoms with Crippen LogP contribution in [0.5, 0.6) is 0 Å². The average Bonchev–Trinajstić information content (AvgIpc) is 2.47. The third-order valence-corrected chi connectivity index (χ3v) is 4.71. The van der Waals surface area contributed by atoms with Crippen molar-refractivity contribution in [2.45, 2.75) is 50.8 Å². The molecule has 0 spiro atoms. The summed E-state index contributed by atoms with van der Waals surface area (Å²) < 4.78 is 31.5. The summed E-state index contributed by atoms with van der Waals surface area (Å²) >= 11 is 0. The Morgan fingerprint density at radius 2 is 1.73 bits per heavy atom. The zero-order chi connectivity index (χ0) is 16.4. The van der Waals surface area contributed by atoms with Crippen molar-refractivity contribution in [3.05, 3.63) is 29.8 Å². The lowest BCUT2D eigenvalue weighted by atomic mass is 10.1. The maximum absolute atomic E-state index is 12.0. The fraction of sp³-hybridized carbons (Fsp3) is 0.562. The first-order valence-corrected chi connectivity index (χ1v) is 9.16. The van der Waals surface area contributed by atoms with Crippen molar-refractivity contribution in [1.29, 1.82) is 0 Å². The molecule has 6 heteroatoms. The predicted octanol–water partition coefficient (Wildman–Crippen LogP) is 2.79. The molecule has 22 heavy (non-hydrogen) atoms. The Hall–Kier alpha value is -1.40. The Labute approximate surface area is 133 Å². The van der Waals surface area contributed by atoms with Crippen molar-refractivity contribution < 1.29 is 17.9 Å². The van der Waals surface area contributed by atoms with Crippen molar-refractivity contribution in [1.82, 2.24) is 4.72 Å². The summed E-state index contributed by atoms with van der Waals surface area (Å²) in [6.07, 6.45) is 3.75. The SMILES string of the molecule is CCOC(=O)CCCCCCNS(=O)(=O)c1ccc(C)cc1. The van der Waals surface area contributed by atoms with E-state index in [4.69, 9.17) is 4.74 Å². The summed E-state index contributed by atoms with van der Waals surface area (Å²) in [5.41, 5.74) is 1.03. The number of benzene rings is 1. The smallest absolute Gasteiger partial charge is 0.305 e. The Kier molecular flexibility index (Phi) is 8.12. The molecule has 1 rings (SSSR count). The van der Waals surface area contributed by atoms with Gasteiger partial charge >= 0.3 is 5.97 Å². The average molecular weight is 327 g/mol. The summed E-state index contributed by atoms with van der Waals surface area (Å²) in [4.78, 5) is 11.4. The van der Waals surface area contributed by atoms with Crippen molar-refractivity contribution in [2.24, 2.45) is 0 Å². The first-order chi connectivity index (χ1) is 10.5. The normalized spacial score (nSPS) is 11.4. The fourth-order valence-corrected chi connectivity index (χ4v) is 3.06. The van der Waals surface area contributed by atoms with Crippen LogP contribution in [0.2, 0.25) is 0 Å². The lowest BCUT2D eigenvalue weighted by Gasteiger charge is -2.07. The van der Waals surface area contributed by atoms with E-state index in [-0.39, 0.29) is 5.97 Å². The van der Waals surface area contributed by atoms with Crippen molar-refractivity contribution in [3.63, 3.8) is 0 Å². The number of nitrogens with one attached hydrogen (secondary N) is 1. The number of esters is 1. The highest BCUT2D eigenvalue weighted by Gasteiger charge is 2.12. The van der Waals surface area contributed by atoms with E-state index in [1.165, 1.54) is 0 Å². The van der Waals surface area contributed by atoms with Gasteiger partial charge in [-0.05, 0) is 38.8 Å². The largest absolute Gasteiger partial charge is 0.466 e. The molecule has 1 aromatic carbocycles. The molecule has 1 aromatic rings. The molecular weight excluding hydrogens is 302 g/mol. The first kappa shape index (κ1) is 18.6. The van der Waals surface area contributed by atoms with Gasteiger partial charge in [-0.15, -0.1) is 0 Å². The molecule has 5 nitrogen and oxygen atoms in total. The summed E-state index contributed by atoms with van der Waals surface area (Å²) in [6.45, 7) is 4.54. The van der Waals surface area contributed by atoms with Gasteiger partial charge < -0.3 is 4.74 Å². The number of hydrogen-bond donors (Lipinski definition) is 1. The Morgan fingerprint density at radius 3 is 2.36 bits per heavy atom. The number of unbranched alkanes of at least 4 members (excludes halogenated alkanes) is 3. The van der Waals surface area contributed by atoms with E-state index in [0.717, 1.165) is 31.2 Å². The van der Waals surface area contributed by atoms with E-state index < -0.39 is 10.0 Å². The number of carbonyl (C=O) groups is 1. The first-order valence-electron chi connectivity index (χ1n) is 7.67. The molecule has 0 aliphatic heterocycles. The van der Waals surface area contributed by atoms with Crippen LogP contribution in [0.25, 0.3) is 0 Å². The molecule has 0 aliphatic rings. The molecule has 0 unspecified atom stereocenters. The maximum Gasteiger partial charge on any atom is 0.305 e. The standard InChI is InChI=1S/C16H25NO4S/c1-3-21-16(18)8-6-4-5-7-13-17-22(19,20)15-11-9-14(2)10-12-15/h9-12,17H,3-8,13H2,1-2H3. The van der Waals surface area contributed by atoms with Crippen LogP contribution in [0, 0.1) is 6.92 Å². The van der Waals surface area contributed by atoms with Gasteiger partial charge in [0, 0.05) is 13.0 Å².